The summed E-state index contributed by atoms with van der Waals surface area (Å²) in [5.74, 6) is -0.0297. The van der Waals surface area contributed by atoms with Gasteiger partial charge in [-0.1, -0.05) is 51.5 Å². The van der Waals surface area contributed by atoms with Gasteiger partial charge in [-0.2, -0.15) is 5.10 Å². The van der Waals surface area contributed by atoms with Crippen LogP contribution >= 0.6 is 0 Å². The molecule has 1 amide bonds. The van der Waals surface area contributed by atoms with E-state index in [9.17, 15) is 4.79 Å². The van der Waals surface area contributed by atoms with Gasteiger partial charge in [0.25, 0.3) is 5.91 Å². The summed E-state index contributed by atoms with van der Waals surface area (Å²) in [6.07, 6.45) is 11.8. The predicted molar refractivity (Wildman–Crippen MR) is 91.7 cm³/mol. The van der Waals surface area contributed by atoms with E-state index in [1.807, 2.05) is 24.3 Å². The molecule has 5 nitrogen and oxygen atoms in total. The van der Waals surface area contributed by atoms with E-state index in [0.29, 0.717) is 5.56 Å². The highest BCUT2D eigenvalue weighted by Gasteiger charge is 2.06. The van der Waals surface area contributed by atoms with Gasteiger partial charge in [0.2, 0.25) is 0 Å². The van der Waals surface area contributed by atoms with Gasteiger partial charge >= 0.3 is 0 Å². The van der Waals surface area contributed by atoms with Crippen molar-refractivity contribution in [2.45, 2.75) is 51.9 Å². The highest BCUT2D eigenvalue weighted by molar-refractivity contribution is 5.94. The molecular weight excluding hydrogens is 288 g/mol. The minimum atomic E-state index is -0.0297. The summed E-state index contributed by atoms with van der Waals surface area (Å²) >= 11 is 0. The lowest BCUT2D eigenvalue weighted by Gasteiger charge is -2.07. The highest BCUT2D eigenvalue weighted by atomic mass is 16.1. The molecule has 1 aromatic carbocycles. The first-order valence-electron chi connectivity index (χ1n) is 8.54. The Labute approximate surface area is 138 Å². The minimum Gasteiger partial charge on any atom is -0.352 e. The fraction of sp³-hybridized carbons (Fsp3) is 0.500. The number of benzene rings is 1. The maximum absolute atomic E-state index is 12.2. The number of aromatic nitrogens is 3. The second-order valence-corrected chi connectivity index (χ2v) is 5.77. The van der Waals surface area contributed by atoms with Crippen molar-refractivity contribution in [3.05, 3.63) is 42.5 Å². The smallest absolute Gasteiger partial charge is 0.251 e. The van der Waals surface area contributed by atoms with E-state index >= 15 is 0 Å². The average molecular weight is 314 g/mol. The molecule has 0 atom stereocenters. The second kappa shape index (κ2) is 9.77. The van der Waals surface area contributed by atoms with Crippen molar-refractivity contribution in [2.75, 3.05) is 6.54 Å². The van der Waals surface area contributed by atoms with Gasteiger partial charge in [-0.25, -0.2) is 9.67 Å². The maximum Gasteiger partial charge on any atom is 0.251 e. The largest absolute Gasteiger partial charge is 0.352 e. The fourth-order valence-corrected chi connectivity index (χ4v) is 2.52. The maximum atomic E-state index is 12.2. The van der Waals surface area contributed by atoms with Crippen molar-refractivity contribution >= 4 is 5.91 Å². The molecule has 0 aliphatic rings. The Balaban J connectivity index is 1.71. The lowest BCUT2D eigenvalue weighted by molar-refractivity contribution is 0.0953. The lowest BCUT2D eigenvalue weighted by atomic mass is 10.1. The van der Waals surface area contributed by atoms with Crippen molar-refractivity contribution in [2.24, 2.45) is 0 Å². The molecule has 23 heavy (non-hydrogen) atoms. The number of nitrogens with zero attached hydrogens (tertiary/aromatic N) is 3. The Bertz CT molecular complexity index is 580. The van der Waals surface area contributed by atoms with Crippen molar-refractivity contribution < 1.29 is 4.79 Å². The van der Waals surface area contributed by atoms with Crippen LogP contribution in [0.4, 0.5) is 0 Å². The molecule has 0 unspecified atom stereocenters. The Hall–Kier alpha value is -2.17. The van der Waals surface area contributed by atoms with Gasteiger partial charge < -0.3 is 5.32 Å². The fourth-order valence-electron chi connectivity index (χ4n) is 2.52. The van der Waals surface area contributed by atoms with E-state index in [2.05, 4.69) is 22.3 Å². The third kappa shape index (κ3) is 5.85. The Morgan fingerprint density at radius 1 is 1.13 bits per heavy atom. The van der Waals surface area contributed by atoms with E-state index in [0.717, 1.165) is 18.7 Å². The van der Waals surface area contributed by atoms with Crippen LogP contribution in [0.5, 0.6) is 0 Å². The highest BCUT2D eigenvalue weighted by Crippen LogP contribution is 2.09. The Morgan fingerprint density at radius 2 is 1.91 bits per heavy atom. The van der Waals surface area contributed by atoms with Gasteiger partial charge in [-0.05, 0) is 24.6 Å². The summed E-state index contributed by atoms with van der Waals surface area (Å²) in [5.41, 5.74) is 1.49. The summed E-state index contributed by atoms with van der Waals surface area (Å²) in [6, 6.07) is 7.41. The van der Waals surface area contributed by atoms with Crippen LogP contribution in [0.25, 0.3) is 5.69 Å². The van der Waals surface area contributed by atoms with Crippen molar-refractivity contribution in [1.29, 1.82) is 0 Å². The standard InChI is InChI=1S/C18H26N4O/c1-2-3-4-5-6-7-8-12-20-18(23)16-10-9-11-17(13-16)22-15-19-14-21-22/h9-11,13-15H,2-8,12H2,1H3,(H,20,23). The summed E-state index contributed by atoms with van der Waals surface area (Å²) in [5, 5.41) is 7.07. The molecule has 2 rings (SSSR count). The van der Waals surface area contributed by atoms with Crippen LogP contribution in [0.1, 0.15) is 62.2 Å². The normalized spacial score (nSPS) is 10.7. The number of amides is 1. The number of carbonyl (C=O) groups is 1. The molecule has 0 bridgehead atoms. The van der Waals surface area contributed by atoms with E-state index in [-0.39, 0.29) is 5.91 Å². The minimum absolute atomic E-state index is 0.0297. The van der Waals surface area contributed by atoms with Crippen LogP contribution in [0.15, 0.2) is 36.9 Å². The molecule has 2 aromatic rings. The summed E-state index contributed by atoms with van der Waals surface area (Å²) in [4.78, 5) is 16.1. The first kappa shape index (κ1) is 17.2. The van der Waals surface area contributed by atoms with Gasteiger partial charge in [0.05, 0.1) is 5.69 Å². The second-order valence-electron chi connectivity index (χ2n) is 5.77. The Morgan fingerprint density at radius 3 is 2.65 bits per heavy atom. The van der Waals surface area contributed by atoms with Gasteiger partial charge in [0, 0.05) is 12.1 Å². The average Bonchev–Trinajstić information content (AvgIpc) is 3.12. The molecule has 0 saturated carbocycles. The molecule has 0 fully saturated rings. The van der Waals surface area contributed by atoms with E-state index in [1.165, 1.54) is 44.9 Å². The quantitative estimate of drug-likeness (QED) is 0.679. The first-order valence-corrected chi connectivity index (χ1v) is 8.54. The molecule has 0 saturated heterocycles. The SMILES string of the molecule is CCCCCCCCCNC(=O)c1cccc(-n2cncn2)c1. The Kier molecular flexibility index (Phi) is 7.30. The van der Waals surface area contributed by atoms with Crippen LogP contribution in [0, 0.1) is 0 Å². The third-order valence-electron chi connectivity index (χ3n) is 3.86. The zero-order valence-corrected chi connectivity index (χ0v) is 13.9. The van der Waals surface area contributed by atoms with E-state index in [4.69, 9.17) is 0 Å². The van der Waals surface area contributed by atoms with Crippen LogP contribution < -0.4 is 5.32 Å². The molecule has 0 radical (unpaired) electrons. The zero-order chi connectivity index (χ0) is 16.3. The molecule has 1 N–H and O–H groups in total. The molecule has 0 aliphatic heterocycles. The summed E-state index contributed by atoms with van der Waals surface area (Å²) in [6.45, 7) is 2.97. The van der Waals surface area contributed by atoms with Crippen LogP contribution in [-0.2, 0) is 0 Å². The molecule has 0 spiro atoms. The topological polar surface area (TPSA) is 59.8 Å². The van der Waals surface area contributed by atoms with Gasteiger partial charge in [-0.15, -0.1) is 0 Å². The number of carbonyl (C=O) groups excluding carboxylic acids is 1. The van der Waals surface area contributed by atoms with Crippen LogP contribution in [-0.4, -0.2) is 27.2 Å². The number of hydrogen-bond acceptors (Lipinski definition) is 3. The van der Waals surface area contributed by atoms with E-state index < -0.39 is 0 Å². The molecule has 124 valence electrons. The summed E-state index contributed by atoms with van der Waals surface area (Å²) < 4.78 is 1.65. The monoisotopic (exact) mass is 314 g/mol. The predicted octanol–water partition coefficient (Wildman–Crippen LogP) is 3.75. The van der Waals surface area contributed by atoms with Crippen LogP contribution in [0.3, 0.4) is 0 Å². The molecular formula is C18H26N4O. The number of hydrogen-bond donors (Lipinski definition) is 1. The van der Waals surface area contributed by atoms with E-state index in [1.54, 1.807) is 11.0 Å². The zero-order valence-electron chi connectivity index (χ0n) is 13.9. The summed E-state index contributed by atoms with van der Waals surface area (Å²) in [7, 11) is 0. The molecule has 1 aromatic heterocycles. The van der Waals surface area contributed by atoms with Crippen molar-refractivity contribution in [3.8, 4) is 5.69 Å². The third-order valence-corrected chi connectivity index (χ3v) is 3.86. The number of rotatable bonds is 10. The first-order chi connectivity index (χ1) is 11.3. The molecule has 0 aliphatic carbocycles. The molecule has 5 heteroatoms. The lowest BCUT2D eigenvalue weighted by Crippen LogP contribution is -2.24. The number of nitrogens with one attached hydrogen (secondary N) is 1. The van der Waals surface area contributed by atoms with Crippen molar-refractivity contribution in [3.63, 3.8) is 0 Å². The van der Waals surface area contributed by atoms with Crippen LogP contribution in [0.2, 0.25) is 0 Å². The van der Waals surface area contributed by atoms with Crippen molar-refractivity contribution in [1.82, 2.24) is 20.1 Å². The number of unbranched alkanes of at least 4 members (excludes halogenated alkanes) is 6. The van der Waals surface area contributed by atoms with Gasteiger partial charge in [-0.3, -0.25) is 4.79 Å². The van der Waals surface area contributed by atoms with Gasteiger partial charge in [0.15, 0.2) is 0 Å². The molecule has 1 heterocycles. The van der Waals surface area contributed by atoms with Gasteiger partial charge in [0.1, 0.15) is 12.7 Å².